The van der Waals surface area contributed by atoms with E-state index >= 15 is 0 Å². The maximum absolute atomic E-state index is 5.17. The Bertz CT molecular complexity index is 4140. The van der Waals surface area contributed by atoms with Crippen molar-refractivity contribution in [3.05, 3.63) is 253 Å². The zero-order valence-electron chi connectivity index (χ0n) is 37.1. The van der Waals surface area contributed by atoms with Crippen LogP contribution in [0.1, 0.15) is 22.3 Å². The topological polar surface area (TPSA) is 43.6 Å². The second-order valence-electron chi connectivity index (χ2n) is 18.2. The summed E-state index contributed by atoms with van der Waals surface area (Å²) in [5.74, 6) is 1.97. The number of fused-ring (bicyclic) bond motifs is 17. The van der Waals surface area contributed by atoms with E-state index in [1.165, 1.54) is 86.7 Å². The standard InChI is InChI=1S/C64H38N4S/c1-4-17-39(18-5-1)61-65-62(40-19-6-2-7-20-40)67-63(66-61)48-26-16-30-57-58(48)50-38-42(32-36-56(50)69-57)41-31-35-55-49(37-41)46-33-34-54-59(60(46)68(55)43-21-8-3-9-22-43)47-25-12-15-29-53(47)64(54)51-27-13-10-23-44(51)45-24-11-14-28-52(45)64/h1-38H. The Morgan fingerprint density at radius 1 is 0.348 bits per heavy atom. The predicted molar refractivity (Wildman–Crippen MR) is 285 cm³/mol. The van der Waals surface area contributed by atoms with Gasteiger partial charge in [-0.05, 0) is 92.5 Å². The quantitative estimate of drug-likeness (QED) is 0.173. The summed E-state index contributed by atoms with van der Waals surface area (Å²) in [6.07, 6.45) is 0. The van der Waals surface area contributed by atoms with Gasteiger partial charge in [0, 0.05) is 58.9 Å². The van der Waals surface area contributed by atoms with Crippen molar-refractivity contribution < 1.29 is 0 Å². The molecule has 0 aliphatic heterocycles. The van der Waals surface area contributed by atoms with Crippen molar-refractivity contribution in [2.24, 2.45) is 0 Å². The lowest BCUT2D eigenvalue weighted by atomic mass is 9.70. The number of para-hydroxylation sites is 1. The highest BCUT2D eigenvalue weighted by Crippen LogP contribution is 2.64. The molecular weight excluding hydrogens is 857 g/mol. The zero-order valence-corrected chi connectivity index (χ0v) is 38.0. The molecular formula is C64H38N4S. The van der Waals surface area contributed by atoms with E-state index in [0.29, 0.717) is 17.5 Å². The summed E-state index contributed by atoms with van der Waals surface area (Å²) in [6.45, 7) is 0. The molecule has 10 aromatic carbocycles. The summed E-state index contributed by atoms with van der Waals surface area (Å²) in [5, 5.41) is 4.81. The van der Waals surface area contributed by atoms with Crippen molar-refractivity contribution in [1.82, 2.24) is 19.5 Å². The van der Waals surface area contributed by atoms with Crippen molar-refractivity contribution in [3.63, 3.8) is 0 Å². The van der Waals surface area contributed by atoms with Gasteiger partial charge in [0.1, 0.15) is 0 Å². The fraction of sp³-hybridized carbons (Fsp3) is 0.0156. The minimum absolute atomic E-state index is 0.429. The Balaban J connectivity index is 0.950. The van der Waals surface area contributed by atoms with E-state index in [-0.39, 0.29) is 0 Å². The molecule has 4 nitrogen and oxygen atoms in total. The van der Waals surface area contributed by atoms with Gasteiger partial charge in [0.05, 0.1) is 16.4 Å². The highest BCUT2D eigenvalue weighted by molar-refractivity contribution is 7.26. The van der Waals surface area contributed by atoms with Crippen LogP contribution in [0.5, 0.6) is 0 Å². The Kier molecular flexibility index (Phi) is 8.12. The molecule has 15 rings (SSSR count). The highest BCUT2D eigenvalue weighted by Gasteiger charge is 2.52. The summed E-state index contributed by atoms with van der Waals surface area (Å²) in [5.41, 5.74) is 19.0. The summed E-state index contributed by atoms with van der Waals surface area (Å²) < 4.78 is 4.94. The van der Waals surface area contributed by atoms with Crippen molar-refractivity contribution >= 4 is 53.3 Å². The molecule has 320 valence electrons. The molecule has 0 unspecified atom stereocenters. The van der Waals surface area contributed by atoms with Crippen LogP contribution in [-0.2, 0) is 5.41 Å². The fourth-order valence-electron chi connectivity index (χ4n) is 11.8. The summed E-state index contributed by atoms with van der Waals surface area (Å²) in [7, 11) is 0. The third-order valence-electron chi connectivity index (χ3n) is 14.7. The Labute approximate surface area is 402 Å². The average molecular weight is 895 g/mol. The number of nitrogens with zero attached hydrogens (tertiary/aromatic N) is 4. The molecule has 1 spiro atoms. The molecule has 3 aromatic heterocycles. The summed E-state index contributed by atoms with van der Waals surface area (Å²) in [6, 6.07) is 83.9. The summed E-state index contributed by atoms with van der Waals surface area (Å²) in [4.78, 5) is 15.3. The summed E-state index contributed by atoms with van der Waals surface area (Å²) >= 11 is 1.81. The first kappa shape index (κ1) is 38.3. The average Bonchev–Trinajstić information content (AvgIpc) is 4.15. The van der Waals surface area contributed by atoms with Crippen LogP contribution < -0.4 is 0 Å². The first-order valence-electron chi connectivity index (χ1n) is 23.5. The maximum atomic E-state index is 5.17. The molecule has 69 heavy (non-hydrogen) atoms. The number of hydrogen-bond donors (Lipinski definition) is 0. The molecule has 0 saturated heterocycles. The lowest BCUT2D eigenvalue weighted by Crippen LogP contribution is -2.25. The van der Waals surface area contributed by atoms with Gasteiger partial charge in [0.15, 0.2) is 17.5 Å². The van der Waals surface area contributed by atoms with Crippen LogP contribution in [0.2, 0.25) is 0 Å². The Morgan fingerprint density at radius 2 is 0.884 bits per heavy atom. The van der Waals surface area contributed by atoms with Crippen molar-refractivity contribution in [3.8, 4) is 73.2 Å². The monoisotopic (exact) mass is 894 g/mol. The van der Waals surface area contributed by atoms with Gasteiger partial charge in [-0.1, -0.05) is 188 Å². The molecule has 13 aromatic rings. The minimum atomic E-state index is -0.429. The van der Waals surface area contributed by atoms with Crippen LogP contribution in [0.4, 0.5) is 0 Å². The normalized spacial score (nSPS) is 13.0. The number of thiophene rings is 1. The van der Waals surface area contributed by atoms with Gasteiger partial charge >= 0.3 is 0 Å². The van der Waals surface area contributed by atoms with Crippen LogP contribution in [0, 0.1) is 0 Å². The van der Waals surface area contributed by atoms with Crippen molar-refractivity contribution in [1.29, 1.82) is 0 Å². The van der Waals surface area contributed by atoms with Crippen LogP contribution in [0.25, 0.3) is 115 Å². The molecule has 2 aliphatic carbocycles. The Hall–Kier alpha value is -8.77. The molecule has 0 atom stereocenters. The molecule has 0 bridgehead atoms. The molecule has 0 saturated carbocycles. The molecule has 0 fully saturated rings. The first-order valence-corrected chi connectivity index (χ1v) is 24.3. The van der Waals surface area contributed by atoms with Crippen LogP contribution >= 0.6 is 11.3 Å². The van der Waals surface area contributed by atoms with Crippen LogP contribution in [0.15, 0.2) is 231 Å². The van der Waals surface area contributed by atoms with Crippen LogP contribution in [0.3, 0.4) is 0 Å². The van der Waals surface area contributed by atoms with E-state index in [2.05, 4.69) is 199 Å². The van der Waals surface area contributed by atoms with Crippen molar-refractivity contribution in [2.45, 2.75) is 5.41 Å². The van der Waals surface area contributed by atoms with Gasteiger partial charge in [-0.3, -0.25) is 0 Å². The second kappa shape index (κ2) is 14.6. The van der Waals surface area contributed by atoms with E-state index in [1.807, 2.05) is 47.7 Å². The molecule has 0 radical (unpaired) electrons. The van der Waals surface area contributed by atoms with E-state index in [1.54, 1.807) is 0 Å². The van der Waals surface area contributed by atoms with Crippen molar-refractivity contribution in [2.75, 3.05) is 0 Å². The van der Waals surface area contributed by atoms with Gasteiger partial charge in [-0.25, -0.2) is 15.0 Å². The van der Waals surface area contributed by atoms with Gasteiger partial charge < -0.3 is 4.57 Å². The maximum Gasteiger partial charge on any atom is 0.164 e. The minimum Gasteiger partial charge on any atom is -0.309 e. The number of rotatable bonds is 5. The van der Waals surface area contributed by atoms with E-state index < -0.39 is 5.41 Å². The second-order valence-corrected chi connectivity index (χ2v) is 19.3. The van der Waals surface area contributed by atoms with Gasteiger partial charge in [0.2, 0.25) is 0 Å². The Morgan fingerprint density at radius 3 is 1.55 bits per heavy atom. The number of hydrogen-bond acceptors (Lipinski definition) is 4. The lowest BCUT2D eigenvalue weighted by molar-refractivity contribution is 0.794. The number of benzene rings is 10. The smallest absolute Gasteiger partial charge is 0.164 e. The highest BCUT2D eigenvalue weighted by atomic mass is 32.1. The fourth-order valence-corrected chi connectivity index (χ4v) is 12.9. The third-order valence-corrected chi connectivity index (χ3v) is 15.8. The van der Waals surface area contributed by atoms with Gasteiger partial charge in [-0.15, -0.1) is 11.3 Å². The van der Waals surface area contributed by atoms with E-state index in [4.69, 9.17) is 15.0 Å². The molecule has 2 aliphatic rings. The third kappa shape index (κ3) is 5.42. The largest absolute Gasteiger partial charge is 0.309 e. The lowest BCUT2D eigenvalue weighted by Gasteiger charge is -2.30. The van der Waals surface area contributed by atoms with Crippen LogP contribution in [-0.4, -0.2) is 19.5 Å². The molecule has 3 heterocycles. The zero-order chi connectivity index (χ0) is 45.2. The van der Waals surface area contributed by atoms with Gasteiger partial charge in [0.25, 0.3) is 0 Å². The SMILES string of the molecule is c1ccc(-c2nc(-c3ccccc3)nc(-c3cccc4sc5ccc(-c6ccc7c(c6)c6ccc8c(c6n7-c6ccccc6)-c6ccccc6C86c7ccccc7-c7ccccc76)cc5c34)n2)cc1. The van der Waals surface area contributed by atoms with Gasteiger partial charge in [-0.2, -0.15) is 0 Å². The molecule has 5 heteroatoms. The molecule has 0 N–H and O–H groups in total. The first-order chi connectivity index (χ1) is 34.2. The van der Waals surface area contributed by atoms with E-state index in [0.717, 1.165) is 33.3 Å². The molecule has 0 amide bonds. The van der Waals surface area contributed by atoms with E-state index in [9.17, 15) is 0 Å². The predicted octanol–water partition coefficient (Wildman–Crippen LogP) is 16.3. The number of aromatic nitrogens is 4.